The van der Waals surface area contributed by atoms with E-state index < -0.39 is 6.17 Å². The summed E-state index contributed by atoms with van der Waals surface area (Å²) in [4.78, 5) is 22.7. The van der Waals surface area contributed by atoms with E-state index in [2.05, 4.69) is 65.4 Å². The maximum absolute atomic E-state index is 13.5. The van der Waals surface area contributed by atoms with E-state index in [4.69, 9.17) is 0 Å². The first kappa shape index (κ1) is 23.2. The summed E-state index contributed by atoms with van der Waals surface area (Å²) < 4.78 is 15.4. The number of pyridine rings is 1. The van der Waals surface area contributed by atoms with Gasteiger partial charge in [0, 0.05) is 48.7 Å². The average Bonchev–Trinajstić information content (AvgIpc) is 3.61. The number of amides is 1. The molecule has 2 N–H and O–H groups in total. The van der Waals surface area contributed by atoms with E-state index in [-0.39, 0.29) is 18.5 Å². The third-order valence-corrected chi connectivity index (χ3v) is 7.94. The SMILES string of the molecule is Cc1cc(-c2[nH]c3ccc(C4CCN(C(=O)[C@@H]5C[C@@H](F)CN5)CC4)cc3c2C(C)C)cn2ncnc12. The first-order valence-corrected chi connectivity index (χ1v) is 13.0. The highest BCUT2D eigenvalue weighted by Gasteiger charge is 2.34. The second-order valence-electron chi connectivity index (χ2n) is 10.7. The third-order valence-electron chi connectivity index (χ3n) is 7.94. The number of fused-ring (bicyclic) bond motifs is 2. The predicted molar refractivity (Wildman–Crippen MR) is 139 cm³/mol. The van der Waals surface area contributed by atoms with Gasteiger partial charge in [-0.05, 0) is 66.5 Å². The van der Waals surface area contributed by atoms with Crippen LogP contribution in [0, 0.1) is 6.92 Å². The number of rotatable bonds is 4. The van der Waals surface area contributed by atoms with Crippen LogP contribution in [0.1, 0.15) is 61.6 Å². The van der Waals surface area contributed by atoms with Gasteiger partial charge in [0.05, 0.1) is 11.7 Å². The number of hydrogen-bond donors (Lipinski definition) is 2. The van der Waals surface area contributed by atoms with Crippen molar-refractivity contribution in [3.63, 3.8) is 0 Å². The highest BCUT2D eigenvalue weighted by Crippen LogP contribution is 2.38. The maximum atomic E-state index is 13.5. The Balaban J connectivity index is 1.28. The monoisotopic (exact) mass is 488 g/mol. The first-order valence-electron chi connectivity index (χ1n) is 13.0. The Labute approximate surface area is 210 Å². The van der Waals surface area contributed by atoms with Crippen molar-refractivity contribution in [3.8, 4) is 11.3 Å². The van der Waals surface area contributed by atoms with E-state index in [9.17, 15) is 9.18 Å². The molecule has 5 heterocycles. The molecule has 0 radical (unpaired) electrons. The Bertz CT molecular complexity index is 1430. The van der Waals surface area contributed by atoms with Crippen LogP contribution in [0.25, 0.3) is 27.8 Å². The minimum atomic E-state index is -0.911. The normalized spacial score (nSPS) is 21.3. The largest absolute Gasteiger partial charge is 0.354 e. The molecule has 7 nitrogen and oxygen atoms in total. The van der Waals surface area contributed by atoms with E-state index >= 15 is 0 Å². The number of hydrogen-bond acceptors (Lipinski definition) is 4. The van der Waals surface area contributed by atoms with E-state index in [0.29, 0.717) is 18.3 Å². The number of nitrogens with one attached hydrogen (secondary N) is 2. The molecule has 8 heteroatoms. The Hall–Kier alpha value is -3.26. The molecule has 2 fully saturated rings. The van der Waals surface area contributed by atoms with Gasteiger partial charge in [-0.2, -0.15) is 5.10 Å². The number of H-pyrrole nitrogens is 1. The van der Waals surface area contributed by atoms with Gasteiger partial charge in [0.25, 0.3) is 0 Å². The summed E-state index contributed by atoms with van der Waals surface area (Å²) in [6.45, 7) is 8.28. The van der Waals surface area contributed by atoms with Crippen molar-refractivity contribution in [1.82, 2.24) is 29.8 Å². The number of carbonyl (C=O) groups is 1. The smallest absolute Gasteiger partial charge is 0.239 e. The number of likely N-dealkylation sites (tertiary alicyclic amines) is 1. The predicted octanol–water partition coefficient (Wildman–Crippen LogP) is 4.72. The van der Waals surface area contributed by atoms with Gasteiger partial charge in [-0.25, -0.2) is 13.9 Å². The minimum absolute atomic E-state index is 0.0565. The number of halogens is 1. The molecule has 0 unspecified atom stereocenters. The van der Waals surface area contributed by atoms with Gasteiger partial charge in [0.2, 0.25) is 5.91 Å². The molecule has 0 saturated carbocycles. The standard InChI is InChI=1S/C28H33FN6O/c1-16(2)25-22-11-19(18-6-8-34(9-7-18)28(36)24-12-21(29)13-30-24)4-5-23(22)33-26(25)20-10-17(3)27-31-15-32-35(27)14-20/h4-5,10-11,14-16,18,21,24,30,33H,6-9,12-13H2,1-3H3/t21-,24+/m1/s1. The highest BCUT2D eigenvalue weighted by atomic mass is 19.1. The summed E-state index contributed by atoms with van der Waals surface area (Å²) in [6, 6.07) is 8.59. The summed E-state index contributed by atoms with van der Waals surface area (Å²) in [5, 5.41) is 8.65. The van der Waals surface area contributed by atoms with Gasteiger partial charge in [0.1, 0.15) is 12.5 Å². The summed E-state index contributed by atoms with van der Waals surface area (Å²) in [7, 11) is 0. The number of aromatic nitrogens is 4. The number of aryl methyl sites for hydroxylation is 1. The molecule has 0 spiro atoms. The van der Waals surface area contributed by atoms with Gasteiger partial charge in [0.15, 0.2) is 5.65 Å². The summed E-state index contributed by atoms with van der Waals surface area (Å²) >= 11 is 0. The van der Waals surface area contributed by atoms with Crippen LogP contribution < -0.4 is 5.32 Å². The van der Waals surface area contributed by atoms with Gasteiger partial charge < -0.3 is 15.2 Å². The maximum Gasteiger partial charge on any atom is 0.239 e. The van der Waals surface area contributed by atoms with Gasteiger partial charge in [-0.3, -0.25) is 4.79 Å². The molecule has 188 valence electrons. The van der Waals surface area contributed by atoms with Crippen LogP contribution in [-0.4, -0.2) is 62.2 Å². The van der Waals surface area contributed by atoms with Crippen molar-refractivity contribution in [3.05, 3.63) is 53.5 Å². The lowest BCUT2D eigenvalue weighted by atomic mass is 9.87. The fraction of sp³-hybridized carbons (Fsp3) is 0.464. The molecule has 0 aliphatic carbocycles. The van der Waals surface area contributed by atoms with Crippen molar-refractivity contribution >= 4 is 22.5 Å². The molecular formula is C28H33FN6O. The van der Waals surface area contributed by atoms with Crippen LogP contribution in [0.15, 0.2) is 36.8 Å². The minimum Gasteiger partial charge on any atom is -0.354 e. The number of alkyl halides is 1. The molecule has 6 rings (SSSR count). The molecule has 3 aromatic heterocycles. The lowest BCUT2D eigenvalue weighted by Gasteiger charge is -2.33. The van der Waals surface area contributed by atoms with Gasteiger partial charge in [-0.15, -0.1) is 0 Å². The molecular weight excluding hydrogens is 455 g/mol. The molecule has 0 bridgehead atoms. The number of benzene rings is 1. The lowest BCUT2D eigenvalue weighted by Crippen LogP contribution is -2.46. The molecule has 36 heavy (non-hydrogen) atoms. The Morgan fingerprint density at radius 3 is 2.72 bits per heavy atom. The zero-order valence-corrected chi connectivity index (χ0v) is 21.1. The molecule has 2 aliphatic heterocycles. The summed E-state index contributed by atoms with van der Waals surface area (Å²) in [5.74, 6) is 0.811. The molecule has 1 amide bonds. The van der Waals surface area contributed by atoms with Gasteiger partial charge in [-0.1, -0.05) is 19.9 Å². The zero-order chi connectivity index (χ0) is 25.0. The van der Waals surface area contributed by atoms with Crippen molar-refractivity contribution in [2.75, 3.05) is 19.6 Å². The van der Waals surface area contributed by atoms with Crippen LogP contribution in [0.5, 0.6) is 0 Å². The van der Waals surface area contributed by atoms with Crippen LogP contribution in [0.3, 0.4) is 0 Å². The molecule has 2 aliphatic rings. The second-order valence-corrected chi connectivity index (χ2v) is 10.7. The molecule has 1 aromatic carbocycles. The summed E-state index contributed by atoms with van der Waals surface area (Å²) in [6.07, 6.45) is 4.88. The van der Waals surface area contributed by atoms with E-state index in [0.717, 1.165) is 53.9 Å². The van der Waals surface area contributed by atoms with Crippen molar-refractivity contribution < 1.29 is 9.18 Å². The fourth-order valence-electron chi connectivity index (χ4n) is 6.08. The Morgan fingerprint density at radius 2 is 2.00 bits per heavy atom. The first-order chi connectivity index (χ1) is 17.4. The number of carbonyl (C=O) groups excluding carboxylic acids is 1. The summed E-state index contributed by atoms with van der Waals surface area (Å²) in [5.41, 5.74) is 7.98. The van der Waals surface area contributed by atoms with Crippen LogP contribution in [-0.2, 0) is 4.79 Å². The molecule has 2 saturated heterocycles. The number of nitrogens with zero attached hydrogens (tertiary/aromatic N) is 4. The fourth-order valence-corrected chi connectivity index (χ4v) is 6.08. The van der Waals surface area contributed by atoms with Crippen LogP contribution in [0.4, 0.5) is 4.39 Å². The van der Waals surface area contributed by atoms with Crippen molar-refractivity contribution in [1.29, 1.82) is 0 Å². The highest BCUT2D eigenvalue weighted by molar-refractivity contribution is 5.92. The van der Waals surface area contributed by atoms with Crippen LogP contribution in [0.2, 0.25) is 0 Å². The quantitative estimate of drug-likeness (QED) is 0.436. The second kappa shape index (κ2) is 9.00. The number of piperidine rings is 1. The van der Waals surface area contributed by atoms with E-state index in [1.807, 2.05) is 15.6 Å². The zero-order valence-electron chi connectivity index (χ0n) is 21.1. The Morgan fingerprint density at radius 1 is 1.19 bits per heavy atom. The molecule has 4 aromatic rings. The average molecular weight is 489 g/mol. The Kier molecular flexibility index (Phi) is 5.79. The number of aromatic amines is 1. The lowest BCUT2D eigenvalue weighted by molar-refractivity contribution is -0.134. The van der Waals surface area contributed by atoms with Gasteiger partial charge >= 0.3 is 0 Å². The van der Waals surface area contributed by atoms with Crippen molar-refractivity contribution in [2.45, 2.75) is 64.1 Å². The van der Waals surface area contributed by atoms with Crippen LogP contribution >= 0.6 is 0 Å². The van der Waals surface area contributed by atoms with Crippen molar-refractivity contribution in [2.24, 2.45) is 0 Å². The van der Waals surface area contributed by atoms with E-state index in [1.54, 1.807) is 6.33 Å². The van der Waals surface area contributed by atoms with E-state index in [1.165, 1.54) is 16.5 Å². The topological polar surface area (TPSA) is 78.3 Å². The molecule has 2 atom stereocenters. The third kappa shape index (κ3) is 3.97.